The van der Waals surface area contributed by atoms with Crippen LogP contribution in [0, 0.1) is 5.82 Å². The predicted molar refractivity (Wildman–Crippen MR) is 88.6 cm³/mol. The number of carboxylic acids is 1. The molecule has 1 amide bonds. The van der Waals surface area contributed by atoms with E-state index in [1.807, 2.05) is 4.68 Å². The van der Waals surface area contributed by atoms with Crippen molar-refractivity contribution < 1.29 is 19.1 Å². The zero-order valence-corrected chi connectivity index (χ0v) is 13.7. The van der Waals surface area contributed by atoms with Crippen LogP contribution in [0.15, 0.2) is 36.5 Å². The average molecular weight is 345 g/mol. The Morgan fingerprint density at radius 3 is 2.56 bits per heavy atom. The van der Waals surface area contributed by atoms with Crippen molar-refractivity contribution in [2.75, 3.05) is 0 Å². The van der Waals surface area contributed by atoms with Crippen molar-refractivity contribution in [2.24, 2.45) is 0 Å². The molecule has 1 aliphatic rings. The Balaban J connectivity index is 1.73. The molecule has 132 valence electrons. The van der Waals surface area contributed by atoms with Crippen molar-refractivity contribution in [3.05, 3.63) is 53.6 Å². The van der Waals surface area contributed by atoms with E-state index in [-0.39, 0.29) is 12.1 Å². The second kappa shape index (κ2) is 7.46. The molecular weight excluding hydrogens is 325 g/mol. The summed E-state index contributed by atoms with van der Waals surface area (Å²) in [4.78, 5) is 23.6. The average Bonchev–Trinajstić information content (AvgIpc) is 3.26. The first-order valence-electron chi connectivity index (χ1n) is 8.36. The first-order chi connectivity index (χ1) is 12.0. The summed E-state index contributed by atoms with van der Waals surface area (Å²) in [5.41, 5.74) is 0.789. The van der Waals surface area contributed by atoms with Crippen LogP contribution in [0.5, 0.6) is 0 Å². The minimum atomic E-state index is -1.05. The standard InChI is InChI=1S/C18H20FN3O3/c19-13-7-5-12(6-8-13)16(11-17(23)24)20-18(25)15-9-10-22(21-15)14-3-1-2-4-14/h5-10,14,16H,1-4,11H2,(H,20,25)(H,23,24). The number of aromatic nitrogens is 2. The molecule has 2 aromatic rings. The van der Waals surface area contributed by atoms with Gasteiger partial charge in [0.05, 0.1) is 18.5 Å². The van der Waals surface area contributed by atoms with Crippen LogP contribution in [0.1, 0.15) is 60.2 Å². The van der Waals surface area contributed by atoms with Crippen molar-refractivity contribution >= 4 is 11.9 Å². The Labute approximate surface area is 144 Å². The van der Waals surface area contributed by atoms with Gasteiger partial charge in [-0.05, 0) is 36.6 Å². The van der Waals surface area contributed by atoms with Crippen molar-refractivity contribution in [1.29, 1.82) is 0 Å². The van der Waals surface area contributed by atoms with E-state index in [2.05, 4.69) is 10.4 Å². The number of carbonyl (C=O) groups excluding carboxylic acids is 1. The van der Waals surface area contributed by atoms with Gasteiger partial charge in [0.2, 0.25) is 0 Å². The number of benzene rings is 1. The van der Waals surface area contributed by atoms with Crippen molar-refractivity contribution in [2.45, 2.75) is 44.2 Å². The highest BCUT2D eigenvalue weighted by Crippen LogP contribution is 2.28. The van der Waals surface area contributed by atoms with Crippen molar-refractivity contribution in [1.82, 2.24) is 15.1 Å². The summed E-state index contributed by atoms with van der Waals surface area (Å²) in [5.74, 6) is -1.90. The Hall–Kier alpha value is -2.70. The molecule has 25 heavy (non-hydrogen) atoms. The first kappa shape index (κ1) is 17.1. The third kappa shape index (κ3) is 4.23. The number of nitrogens with zero attached hydrogens (tertiary/aromatic N) is 2. The van der Waals surface area contributed by atoms with E-state index in [1.54, 1.807) is 12.3 Å². The van der Waals surface area contributed by atoms with E-state index in [0.29, 0.717) is 11.6 Å². The quantitative estimate of drug-likeness (QED) is 0.843. The first-order valence-corrected chi connectivity index (χ1v) is 8.36. The van der Waals surface area contributed by atoms with Gasteiger partial charge in [0.25, 0.3) is 5.91 Å². The number of halogens is 1. The van der Waals surface area contributed by atoms with Crippen LogP contribution in [-0.2, 0) is 4.79 Å². The number of aliphatic carboxylic acids is 1. The van der Waals surface area contributed by atoms with Crippen LogP contribution < -0.4 is 5.32 Å². The lowest BCUT2D eigenvalue weighted by Crippen LogP contribution is -2.30. The lowest BCUT2D eigenvalue weighted by molar-refractivity contribution is -0.137. The molecule has 0 aliphatic heterocycles. The predicted octanol–water partition coefficient (Wildman–Crippen LogP) is 3.08. The number of carbonyl (C=O) groups is 2. The van der Waals surface area contributed by atoms with Gasteiger partial charge >= 0.3 is 5.97 Å². The normalized spacial score (nSPS) is 15.9. The molecule has 3 rings (SSSR count). The molecule has 0 spiro atoms. The Morgan fingerprint density at radius 2 is 1.92 bits per heavy atom. The number of carboxylic acid groups (broad SMARTS) is 1. The molecule has 1 saturated carbocycles. The van der Waals surface area contributed by atoms with Gasteiger partial charge in [-0.2, -0.15) is 5.10 Å². The van der Waals surface area contributed by atoms with Crippen LogP contribution in [0.2, 0.25) is 0 Å². The van der Waals surface area contributed by atoms with E-state index in [0.717, 1.165) is 25.7 Å². The second-order valence-electron chi connectivity index (χ2n) is 6.29. The number of hydrogen-bond acceptors (Lipinski definition) is 3. The lowest BCUT2D eigenvalue weighted by atomic mass is 10.0. The largest absolute Gasteiger partial charge is 0.481 e. The van der Waals surface area contributed by atoms with Gasteiger partial charge in [0.15, 0.2) is 0 Å². The van der Waals surface area contributed by atoms with Gasteiger partial charge in [-0.25, -0.2) is 4.39 Å². The lowest BCUT2D eigenvalue weighted by Gasteiger charge is -2.17. The van der Waals surface area contributed by atoms with Crippen LogP contribution in [0.4, 0.5) is 4.39 Å². The van der Waals surface area contributed by atoms with Gasteiger partial charge in [-0.3, -0.25) is 14.3 Å². The SMILES string of the molecule is O=C(O)CC(NC(=O)c1ccn(C2CCCC2)n1)c1ccc(F)cc1. The van der Waals surface area contributed by atoms with Crippen LogP contribution in [-0.4, -0.2) is 26.8 Å². The molecule has 0 bridgehead atoms. The summed E-state index contributed by atoms with van der Waals surface area (Å²) in [6, 6.07) is 6.64. The van der Waals surface area contributed by atoms with E-state index >= 15 is 0 Å². The summed E-state index contributed by atoms with van der Waals surface area (Å²) < 4.78 is 14.9. The Bertz CT molecular complexity index is 751. The molecule has 1 fully saturated rings. The summed E-state index contributed by atoms with van der Waals surface area (Å²) in [6.45, 7) is 0. The molecule has 2 N–H and O–H groups in total. The molecule has 7 heteroatoms. The smallest absolute Gasteiger partial charge is 0.305 e. The van der Waals surface area contributed by atoms with Gasteiger partial charge in [0, 0.05) is 6.20 Å². The van der Waals surface area contributed by atoms with E-state index in [9.17, 15) is 14.0 Å². The minimum Gasteiger partial charge on any atom is -0.481 e. The molecule has 1 aliphatic carbocycles. The summed E-state index contributed by atoms with van der Waals surface area (Å²) in [5, 5.41) is 16.1. The minimum absolute atomic E-state index is 0.254. The number of nitrogens with one attached hydrogen (secondary N) is 1. The molecular formula is C18H20FN3O3. The fourth-order valence-electron chi connectivity index (χ4n) is 3.19. The van der Waals surface area contributed by atoms with Crippen LogP contribution in [0.3, 0.4) is 0 Å². The monoisotopic (exact) mass is 345 g/mol. The van der Waals surface area contributed by atoms with E-state index in [4.69, 9.17) is 5.11 Å². The van der Waals surface area contributed by atoms with Gasteiger partial charge in [-0.15, -0.1) is 0 Å². The fraction of sp³-hybridized carbons (Fsp3) is 0.389. The maximum atomic E-state index is 13.1. The Morgan fingerprint density at radius 1 is 1.24 bits per heavy atom. The molecule has 1 heterocycles. The number of amides is 1. The van der Waals surface area contributed by atoms with E-state index < -0.39 is 23.7 Å². The molecule has 0 radical (unpaired) electrons. The number of rotatable bonds is 6. The highest BCUT2D eigenvalue weighted by molar-refractivity contribution is 5.92. The fourth-order valence-corrected chi connectivity index (χ4v) is 3.19. The Kier molecular flexibility index (Phi) is 5.11. The van der Waals surface area contributed by atoms with Gasteiger partial charge < -0.3 is 10.4 Å². The van der Waals surface area contributed by atoms with Gasteiger partial charge in [-0.1, -0.05) is 25.0 Å². The molecule has 0 saturated heterocycles. The third-order valence-corrected chi connectivity index (χ3v) is 4.50. The number of hydrogen-bond donors (Lipinski definition) is 2. The highest BCUT2D eigenvalue weighted by Gasteiger charge is 2.22. The van der Waals surface area contributed by atoms with Crippen LogP contribution >= 0.6 is 0 Å². The topological polar surface area (TPSA) is 84.2 Å². The summed E-state index contributed by atoms with van der Waals surface area (Å²) in [7, 11) is 0. The summed E-state index contributed by atoms with van der Waals surface area (Å²) in [6.07, 6.45) is 5.93. The molecule has 6 nitrogen and oxygen atoms in total. The molecule has 1 atom stereocenters. The molecule has 1 aromatic heterocycles. The maximum Gasteiger partial charge on any atom is 0.305 e. The summed E-state index contributed by atoms with van der Waals surface area (Å²) >= 11 is 0. The zero-order valence-electron chi connectivity index (χ0n) is 13.7. The van der Waals surface area contributed by atoms with Crippen LogP contribution in [0.25, 0.3) is 0 Å². The highest BCUT2D eigenvalue weighted by atomic mass is 19.1. The zero-order chi connectivity index (χ0) is 17.8. The maximum absolute atomic E-state index is 13.1. The van der Waals surface area contributed by atoms with Gasteiger partial charge in [0.1, 0.15) is 11.5 Å². The van der Waals surface area contributed by atoms with E-state index in [1.165, 1.54) is 24.3 Å². The third-order valence-electron chi connectivity index (χ3n) is 4.50. The molecule has 1 unspecified atom stereocenters. The molecule has 1 aromatic carbocycles. The van der Waals surface area contributed by atoms with Crippen molar-refractivity contribution in [3.8, 4) is 0 Å². The second-order valence-corrected chi connectivity index (χ2v) is 6.29. The van der Waals surface area contributed by atoms with Crippen molar-refractivity contribution in [3.63, 3.8) is 0 Å².